The number of fused-ring (bicyclic) bond motifs is 1. The van der Waals surface area contributed by atoms with Crippen LogP contribution < -0.4 is 5.32 Å². The van der Waals surface area contributed by atoms with Gasteiger partial charge in [0.05, 0.1) is 5.69 Å². The minimum Gasteiger partial charge on any atom is -0.323 e. The largest absolute Gasteiger partial charge is 0.323 e. The van der Waals surface area contributed by atoms with Gasteiger partial charge >= 0.3 is 0 Å². The van der Waals surface area contributed by atoms with E-state index in [1.54, 1.807) is 6.07 Å². The second-order valence-corrected chi connectivity index (χ2v) is 2.47. The van der Waals surface area contributed by atoms with Gasteiger partial charge in [-0.25, -0.2) is 0 Å². The van der Waals surface area contributed by atoms with Gasteiger partial charge in [0.15, 0.2) is 0 Å². The topological polar surface area (TPSA) is 72.2 Å². The summed E-state index contributed by atoms with van der Waals surface area (Å²) in [7, 11) is 0. The Kier molecular flexibility index (Phi) is 1.66. The molecule has 0 bridgehead atoms. The first-order chi connectivity index (χ1) is 6.27. The maximum Gasteiger partial charge on any atom is 0.221 e. The number of amides is 1. The average Bonchev–Trinajstić information content (AvgIpc) is 2.51. The van der Waals surface area contributed by atoms with Crippen molar-refractivity contribution in [3.05, 3.63) is 18.6 Å². The molecule has 13 heavy (non-hydrogen) atoms. The van der Waals surface area contributed by atoms with Gasteiger partial charge in [0.25, 0.3) is 0 Å². The van der Waals surface area contributed by atoms with Gasteiger partial charge in [0, 0.05) is 6.92 Å². The van der Waals surface area contributed by atoms with Crippen molar-refractivity contribution >= 4 is 17.2 Å². The lowest BCUT2D eigenvalue weighted by Gasteiger charge is -2.00. The lowest BCUT2D eigenvalue weighted by atomic mass is 10.4. The zero-order valence-electron chi connectivity index (χ0n) is 6.85. The molecule has 1 amide bonds. The lowest BCUT2D eigenvalue weighted by molar-refractivity contribution is -0.114. The van der Waals surface area contributed by atoms with Crippen molar-refractivity contribution in [2.75, 3.05) is 5.32 Å². The van der Waals surface area contributed by atoms with Crippen LogP contribution in [0, 0.1) is 6.20 Å². The van der Waals surface area contributed by atoms with Gasteiger partial charge in [-0.3, -0.25) is 4.79 Å². The highest BCUT2D eigenvalue weighted by Gasteiger charge is 2.04. The van der Waals surface area contributed by atoms with E-state index in [1.165, 1.54) is 17.8 Å². The van der Waals surface area contributed by atoms with E-state index in [-0.39, 0.29) is 5.91 Å². The standard InChI is InChI=1S/C7H6N5O/c1-5(13)10-6-2-3-9-12-4-8-11-7(6)12/h2,4H,1H3,(H,10,13). The van der Waals surface area contributed by atoms with Crippen LogP contribution in [0.25, 0.3) is 5.65 Å². The van der Waals surface area contributed by atoms with Crippen molar-refractivity contribution in [1.29, 1.82) is 0 Å². The summed E-state index contributed by atoms with van der Waals surface area (Å²) in [5.41, 5.74) is 1.06. The first kappa shape index (κ1) is 7.66. The number of anilines is 1. The molecule has 0 aromatic carbocycles. The van der Waals surface area contributed by atoms with Crippen molar-refractivity contribution in [2.45, 2.75) is 6.92 Å². The zero-order chi connectivity index (χ0) is 9.26. The molecule has 1 N–H and O–H groups in total. The highest BCUT2D eigenvalue weighted by molar-refractivity contribution is 5.92. The number of aromatic nitrogens is 4. The Bertz CT molecular complexity index is 449. The van der Waals surface area contributed by atoms with Crippen molar-refractivity contribution in [2.24, 2.45) is 0 Å². The third-order valence-corrected chi connectivity index (χ3v) is 1.46. The minimum atomic E-state index is -0.162. The number of carbonyl (C=O) groups excluding carboxylic acids is 1. The van der Waals surface area contributed by atoms with Gasteiger partial charge in [-0.05, 0) is 6.07 Å². The number of nitrogens with zero attached hydrogens (tertiary/aromatic N) is 4. The quantitative estimate of drug-likeness (QED) is 0.657. The summed E-state index contributed by atoms with van der Waals surface area (Å²) in [6, 6.07) is 1.55. The lowest BCUT2D eigenvalue weighted by Crippen LogP contribution is -2.07. The maximum absolute atomic E-state index is 10.8. The van der Waals surface area contributed by atoms with E-state index < -0.39 is 0 Å². The second-order valence-electron chi connectivity index (χ2n) is 2.47. The van der Waals surface area contributed by atoms with E-state index in [9.17, 15) is 4.79 Å². The van der Waals surface area contributed by atoms with Crippen LogP contribution in [-0.4, -0.2) is 25.7 Å². The highest BCUT2D eigenvalue weighted by Crippen LogP contribution is 2.10. The molecule has 2 heterocycles. The van der Waals surface area contributed by atoms with E-state index in [0.29, 0.717) is 11.3 Å². The van der Waals surface area contributed by atoms with Crippen molar-refractivity contribution in [3.63, 3.8) is 0 Å². The summed E-state index contributed by atoms with van der Waals surface area (Å²) in [4.78, 5) is 10.8. The SMILES string of the molecule is CC(=O)Nc1c[c]nn2cnnc12. The summed E-state index contributed by atoms with van der Waals surface area (Å²) >= 11 is 0. The number of nitrogens with one attached hydrogen (secondary N) is 1. The van der Waals surface area contributed by atoms with Crippen molar-refractivity contribution < 1.29 is 4.79 Å². The third kappa shape index (κ3) is 1.33. The number of hydrogen-bond donors (Lipinski definition) is 1. The van der Waals surface area contributed by atoms with Gasteiger partial charge in [-0.2, -0.15) is 9.61 Å². The third-order valence-electron chi connectivity index (χ3n) is 1.46. The molecular formula is C7H6N5O. The molecule has 6 heteroatoms. The van der Waals surface area contributed by atoms with Crippen molar-refractivity contribution in [1.82, 2.24) is 19.8 Å². The van der Waals surface area contributed by atoms with E-state index in [4.69, 9.17) is 0 Å². The molecule has 0 aliphatic heterocycles. The molecule has 0 saturated heterocycles. The van der Waals surface area contributed by atoms with E-state index in [1.807, 2.05) is 0 Å². The van der Waals surface area contributed by atoms with Gasteiger partial charge in [-0.1, -0.05) is 0 Å². The average molecular weight is 176 g/mol. The van der Waals surface area contributed by atoms with Crippen LogP contribution in [0.2, 0.25) is 0 Å². The van der Waals surface area contributed by atoms with Crippen LogP contribution in [0.1, 0.15) is 6.92 Å². The first-order valence-corrected chi connectivity index (χ1v) is 3.62. The summed E-state index contributed by atoms with van der Waals surface area (Å²) in [6.45, 7) is 1.42. The molecule has 0 aliphatic rings. The summed E-state index contributed by atoms with van der Waals surface area (Å²) in [6.07, 6.45) is 4.06. The molecule has 0 atom stereocenters. The fraction of sp³-hybridized carbons (Fsp3) is 0.143. The fourth-order valence-electron chi connectivity index (χ4n) is 0.982. The Morgan fingerprint density at radius 2 is 2.54 bits per heavy atom. The molecule has 0 saturated carbocycles. The first-order valence-electron chi connectivity index (χ1n) is 3.62. The van der Waals surface area contributed by atoms with Gasteiger partial charge in [0.2, 0.25) is 11.6 Å². The predicted octanol–water partition coefficient (Wildman–Crippen LogP) is -0.117. The maximum atomic E-state index is 10.8. The normalized spacial score (nSPS) is 10.2. The van der Waals surface area contributed by atoms with Crippen LogP contribution in [0.5, 0.6) is 0 Å². The van der Waals surface area contributed by atoms with E-state index in [0.717, 1.165) is 0 Å². The van der Waals surface area contributed by atoms with Crippen LogP contribution in [0.3, 0.4) is 0 Å². The Morgan fingerprint density at radius 3 is 3.31 bits per heavy atom. The number of hydrogen-bond acceptors (Lipinski definition) is 4. The summed E-state index contributed by atoms with van der Waals surface area (Å²) in [5, 5.41) is 13.9. The van der Waals surface area contributed by atoms with Crippen LogP contribution in [0.4, 0.5) is 5.69 Å². The predicted molar refractivity (Wildman–Crippen MR) is 43.9 cm³/mol. The molecule has 0 unspecified atom stereocenters. The number of rotatable bonds is 1. The molecule has 65 valence electrons. The molecule has 2 rings (SSSR count). The second kappa shape index (κ2) is 2.81. The summed E-state index contributed by atoms with van der Waals surface area (Å²) < 4.78 is 1.44. The molecule has 1 radical (unpaired) electrons. The van der Waals surface area contributed by atoms with Gasteiger partial charge < -0.3 is 5.32 Å². The number of carbonyl (C=O) groups is 1. The molecule has 6 nitrogen and oxygen atoms in total. The van der Waals surface area contributed by atoms with E-state index >= 15 is 0 Å². The van der Waals surface area contributed by atoms with Crippen LogP contribution in [-0.2, 0) is 4.79 Å². The van der Waals surface area contributed by atoms with Gasteiger partial charge in [-0.15, -0.1) is 10.2 Å². The van der Waals surface area contributed by atoms with Crippen LogP contribution >= 0.6 is 0 Å². The molecule has 0 fully saturated rings. The van der Waals surface area contributed by atoms with Crippen molar-refractivity contribution in [3.8, 4) is 0 Å². The van der Waals surface area contributed by atoms with Gasteiger partial charge in [0.1, 0.15) is 12.5 Å². The molecule has 2 aromatic rings. The van der Waals surface area contributed by atoms with E-state index in [2.05, 4.69) is 26.8 Å². The zero-order valence-corrected chi connectivity index (χ0v) is 6.85. The fourth-order valence-corrected chi connectivity index (χ4v) is 0.982. The Balaban J connectivity index is 2.54. The summed E-state index contributed by atoms with van der Waals surface area (Å²) in [5.74, 6) is -0.162. The molecular weight excluding hydrogens is 170 g/mol. The monoisotopic (exact) mass is 176 g/mol. The molecule has 0 spiro atoms. The Hall–Kier alpha value is -1.98. The smallest absolute Gasteiger partial charge is 0.221 e. The Morgan fingerprint density at radius 1 is 1.69 bits per heavy atom. The van der Waals surface area contributed by atoms with Crippen LogP contribution in [0.15, 0.2) is 12.4 Å². The molecule has 2 aromatic heterocycles. The highest BCUT2D eigenvalue weighted by atomic mass is 16.1. The Labute approximate surface area is 73.6 Å². The molecule has 0 aliphatic carbocycles. The minimum absolute atomic E-state index is 0.162.